The lowest BCUT2D eigenvalue weighted by Gasteiger charge is -2.06. The maximum Gasteiger partial charge on any atom is 0.0431 e. The van der Waals surface area contributed by atoms with Crippen molar-refractivity contribution in [3.63, 3.8) is 0 Å². The van der Waals surface area contributed by atoms with Crippen molar-refractivity contribution < 1.29 is 0 Å². The van der Waals surface area contributed by atoms with Crippen molar-refractivity contribution in [2.45, 2.75) is 11.8 Å². The minimum absolute atomic E-state index is 1.30. The van der Waals surface area contributed by atoms with Crippen molar-refractivity contribution in [1.29, 1.82) is 0 Å². The average molecular weight is 187 g/mol. The van der Waals surface area contributed by atoms with Crippen molar-refractivity contribution in [2.75, 3.05) is 0 Å². The third-order valence-electron chi connectivity index (χ3n) is 1.89. The second kappa shape index (κ2) is 4.19. The summed E-state index contributed by atoms with van der Waals surface area (Å²) < 4.78 is 0. The van der Waals surface area contributed by atoms with E-state index < -0.39 is 0 Å². The molecule has 0 heterocycles. The number of benzene rings is 1. The fourth-order valence-corrected chi connectivity index (χ4v) is 2.00. The maximum absolute atomic E-state index is 2.16. The highest BCUT2D eigenvalue weighted by Gasteiger charge is 2.17. The van der Waals surface area contributed by atoms with E-state index in [1.54, 1.807) is 11.8 Å². The van der Waals surface area contributed by atoms with Crippen LogP contribution in [0.3, 0.4) is 0 Å². The van der Waals surface area contributed by atoms with E-state index in [0.29, 0.717) is 0 Å². The van der Waals surface area contributed by atoms with Gasteiger partial charge in [-0.15, -0.1) is 11.8 Å². The Morgan fingerprint density at radius 2 is 1.54 bits per heavy atom. The molecule has 0 bridgehead atoms. The van der Waals surface area contributed by atoms with Gasteiger partial charge in [0.25, 0.3) is 0 Å². The van der Waals surface area contributed by atoms with Gasteiger partial charge < -0.3 is 0 Å². The maximum atomic E-state index is 2.16. The van der Waals surface area contributed by atoms with Crippen molar-refractivity contribution in [2.24, 2.45) is 0 Å². The minimum Gasteiger partial charge on any atom is -0.117 e. The summed E-state index contributed by atoms with van der Waals surface area (Å²) in [5.41, 5.74) is 1.31. The topological polar surface area (TPSA) is 0 Å². The largest absolute Gasteiger partial charge is 0.117 e. The van der Waals surface area contributed by atoms with Crippen molar-refractivity contribution in [1.82, 2.24) is 0 Å². The first-order valence-corrected chi connectivity index (χ1v) is 5.12. The molecule has 1 aromatic carbocycles. The summed E-state index contributed by atoms with van der Waals surface area (Å²) in [4.78, 5) is 1.30. The van der Waals surface area contributed by atoms with Gasteiger partial charge in [-0.1, -0.05) is 17.7 Å². The Morgan fingerprint density at radius 1 is 0.923 bits per heavy atom. The summed E-state index contributed by atoms with van der Waals surface area (Å²) in [6.07, 6.45) is 8.39. The highest BCUT2D eigenvalue weighted by molar-refractivity contribution is 8.02. The van der Waals surface area contributed by atoms with Crippen LogP contribution in [0.2, 0.25) is 0 Å². The molecule has 0 nitrogen and oxygen atoms in total. The van der Waals surface area contributed by atoms with Crippen LogP contribution < -0.4 is 0 Å². The lowest BCUT2D eigenvalue weighted by Crippen LogP contribution is -1.84. The molecule has 1 aliphatic rings. The predicted molar refractivity (Wildman–Crippen MR) is 57.5 cm³/mol. The molecule has 1 aliphatic carbocycles. The Kier molecular flexibility index (Phi) is 2.94. The van der Waals surface area contributed by atoms with E-state index in [2.05, 4.69) is 56.9 Å². The van der Waals surface area contributed by atoms with E-state index in [9.17, 15) is 0 Å². The number of rotatable bonds is 2. The summed E-state index contributed by atoms with van der Waals surface area (Å²) in [5, 5.41) is 1.31. The lowest BCUT2D eigenvalue weighted by atomic mass is 10.2. The second-order valence-corrected chi connectivity index (χ2v) is 4.18. The molecule has 1 saturated carbocycles. The molecule has 5 radical (unpaired) electrons. The van der Waals surface area contributed by atoms with E-state index in [1.165, 1.54) is 15.7 Å². The SMILES string of the molecule is Cc1ccc(S[C]2[CH][CH][CH][CH]2)cc1. The zero-order chi connectivity index (χ0) is 9.10. The molecule has 0 aromatic heterocycles. The van der Waals surface area contributed by atoms with E-state index in [0.717, 1.165) is 0 Å². The summed E-state index contributed by atoms with van der Waals surface area (Å²) in [6.45, 7) is 2.11. The summed E-state index contributed by atoms with van der Waals surface area (Å²) >= 11 is 1.80. The van der Waals surface area contributed by atoms with E-state index >= 15 is 0 Å². The van der Waals surface area contributed by atoms with Crippen LogP contribution in [0.1, 0.15) is 5.56 Å². The first-order valence-electron chi connectivity index (χ1n) is 4.31. The first-order chi connectivity index (χ1) is 6.34. The van der Waals surface area contributed by atoms with Gasteiger partial charge in [0.1, 0.15) is 0 Å². The summed E-state index contributed by atoms with van der Waals surface area (Å²) in [7, 11) is 0. The molecular formula is C12H11S. The zero-order valence-electron chi connectivity index (χ0n) is 7.53. The fourth-order valence-electron chi connectivity index (χ4n) is 1.17. The number of aryl methyl sites for hydroxylation is 1. The Labute approximate surface area is 84.7 Å². The standard InChI is InChI=1S/C12H11S/c1-10-6-8-12(9-7-10)13-11-4-2-3-5-11/h2-9H,1H3. The fraction of sp³-hybridized carbons (Fsp3) is 0.0833. The summed E-state index contributed by atoms with van der Waals surface area (Å²) in [6, 6.07) is 8.61. The van der Waals surface area contributed by atoms with Gasteiger partial charge in [-0.2, -0.15) is 0 Å². The van der Waals surface area contributed by atoms with Crippen LogP contribution in [-0.2, 0) is 0 Å². The zero-order valence-corrected chi connectivity index (χ0v) is 8.34. The Hall–Kier alpha value is -0.430. The van der Waals surface area contributed by atoms with Crippen LogP contribution in [0.5, 0.6) is 0 Å². The molecule has 0 spiro atoms. The molecule has 2 rings (SSSR count). The van der Waals surface area contributed by atoms with Crippen molar-refractivity contribution >= 4 is 11.8 Å². The first kappa shape index (κ1) is 9.14. The molecule has 0 amide bonds. The molecule has 1 aromatic rings. The van der Waals surface area contributed by atoms with Gasteiger partial charge in [-0.3, -0.25) is 0 Å². The van der Waals surface area contributed by atoms with Crippen molar-refractivity contribution in [3.05, 3.63) is 60.8 Å². The Morgan fingerprint density at radius 3 is 2.15 bits per heavy atom. The average Bonchev–Trinajstić information content (AvgIpc) is 2.62. The quantitative estimate of drug-likeness (QED) is 0.683. The van der Waals surface area contributed by atoms with Crippen molar-refractivity contribution in [3.8, 4) is 0 Å². The number of hydrogen-bond donors (Lipinski definition) is 0. The third-order valence-corrected chi connectivity index (χ3v) is 2.90. The molecule has 0 aliphatic heterocycles. The van der Waals surface area contributed by atoms with Crippen LogP contribution in [0.25, 0.3) is 0 Å². The Bertz CT molecular complexity index is 257. The van der Waals surface area contributed by atoms with Crippen LogP contribution in [0.15, 0.2) is 29.2 Å². The van der Waals surface area contributed by atoms with Gasteiger partial charge in [0.2, 0.25) is 0 Å². The smallest absolute Gasteiger partial charge is 0.0431 e. The predicted octanol–water partition coefficient (Wildman–Crippen LogP) is 3.45. The molecule has 13 heavy (non-hydrogen) atoms. The lowest BCUT2D eigenvalue weighted by molar-refractivity contribution is 1.37. The van der Waals surface area contributed by atoms with Gasteiger partial charge in [0.15, 0.2) is 0 Å². The molecule has 0 N–H and O–H groups in total. The van der Waals surface area contributed by atoms with Gasteiger partial charge in [0.05, 0.1) is 0 Å². The van der Waals surface area contributed by atoms with Crippen LogP contribution in [0, 0.1) is 37.9 Å². The molecule has 1 heteroatoms. The summed E-state index contributed by atoms with van der Waals surface area (Å²) in [5.74, 6) is 0. The van der Waals surface area contributed by atoms with E-state index in [4.69, 9.17) is 0 Å². The van der Waals surface area contributed by atoms with Crippen LogP contribution in [0.4, 0.5) is 0 Å². The highest BCUT2D eigenvalue weighted by atomic mass is 32.2. The molecule has 0 atom stereocenters. The second-order valence-electron chi connectivity index (χ2n) is 3.04. The van der Waals surface area contributed by atoms with Gasteiger partial charge in [0, 0.05) is 10.1 Å². The highest BCUT2D eigenvalue weighted by Crippen LogP contribution is 2.38. The molecule has 0 unspecified atom stereocenters. The minimum atomic E-state index is 1.30. The normalized spacial score (nSPS) is 17.9. The van der Waals surface area contributed by atoms with Gasteiger partial charge in [-0.25, -0.2) is 0 Å². The van der Waals surface area contributed by atoms with E-state index in [-0.39, 0.29) is 0 Å². The number of hydrogen-bond acceptors (Lipinski definition) is 1. The number of thioether (sulfide) groups is 1. The molecule has 0 saturated heterocycles. The molecule has 65 valence electrons. The van der Waals surface area contributed by atoms with Gasteiger partial charge >= 0.3 is 0 Å². The monoisotopic (exact) mass is 187 g/mol. The van der Waals surface area contributed by atoms with Crippen LogP contribution in [-0.4, -0.2) is 0 Å². The van der Waals surface area contributed by atoms with Gasteiger partial charge in [-0.05, 0) is 44.7 Å². The molecule has 1 fully saturated rings. The third kappa shape index (κ3) is 2.50. The molecular weight excluding hydrogens is 176 g/mol. The van der Waals surface area contributed by atoms with E-state index in [1.807, 2.05) is 0 Å². The van der Waals surface area contributed by atoms with Crippen LogP contribution >= 0.6 is 11.8 Å². The Balaban J connectivity index is 1.97.